The summed E-state index contributed by atoms with van der Waals surface area (Å²) < 4.78 is 27.2. The van der Waals surface area contributed by atoms with Crippen molar-refractivity contribution in [1.82, 2.24) is 14.5 Å². The maximum Gasteiger partial charge on any atom is 0.247 e. The summed E-state index contributed by atoms with van der Waals surface area (Å²) in [4.78, 5) is 0.306. The molecule has 0 amide bonds. The van der Waals surface area contributed by atoms with Crippen molar-refractivity contribution in [2.45, 2.75) is 57.0 Å². The molecule has 0 radical (unpaired) electrons. The van der Waals surface area contributed by atoms with E-state index >= 15 is 0 Å². The van der Waals surface area contributed by atoms with Crippen LogP contribution in [-0.2, 0) is 10.0 Å². The molecular weight excluding hydrogens is 264 g/mol. The summed E-state index contributed by atoms with van der Waals surface area (Å²) in [6, 6.07) is -0.282. The number of rotatable bonds is 3. The van der Waals surface area contributed by atoms with E-state index in [1.54, 1.807) is 18.2 Å². The summed E-state index contributed by atoms with van der Waals surface area (Å²) in [5.74, 6) is 0. The molecule has 108 valence electrons. The minimum absolute atomic E-state index is 0.118. The Bertz CT molecular complexity index is 531. The van der Waals surface area contributed by atoms with Crippen LogP contribution >= 0.6 is 0 Å². The number of aromatic amines is 1. The normalized spacial score (nSPS) is 23.5. The highest BCUT2D eigenvalue weighted by atomic mass is 32.2. The molecule has 0 spiro atoms. The summed E-state index contributed by atoms with van der Waals surface area (Å²) >= 11 is 0. The van der Waals surface area contributed by atoms with Gasteiger partial charge in [0.1, 0.15) is 4.90 Å². The molecule has 0 aliphatic carbocycles. The Morgan fingerprint density at radius 1 is 1.42 bits per heavy atom. The summed E-state index contributed by atoms with van der Waals surface area (Å²) in [5, 5.41) is 6.72. The van der Waals surface area contributed by atoms with E-state index in [1.807, 2.05) is 6.92 Å². The number of H-pyrrole nitrogens is 1. The van der Waals surface area contributed by atoms with E-state index in [-0.39, 0.29) is 12.1 Å². The molecule has 0 unspecified atom stereocenters. The molecule has 1 fully saturated rings. The zero-order chi connectivity index (χ0) is 14.2. The van der Waals surface area contributed by atoms with Gasteiger partial charge in [-0.1, -0.05) is 6.42 Å². The van der Waals surface area contributed by atoms with Crippen LogP contribution in [0.3, 0.4) is 0 Å². The van der Waals surface area contributed by atoms with Crippen molar-refractivity contribution >= 4 is 10.0 Å². The Kier molecular flexibility index (Phi) is 3.98. The Morgan fingerprint density at radius 3 is 2.63 bits per heavy atom. The smallest absolute Gasteiger partial charge is 0.247 e. The maximum absolute atomic E-state index is 12.8. The lowest BCUT2D eigenvalue weighted by molar-refractivity contribution is 0.227. The minimum atomic E-state index is -3.51. The summed E-state index contributed by atoms with van der Waals surface area (Å²) in [5.41, 5.74) is 7.06. The molecular formula is C12H22N4O2S. The lowest BCUT2D eigenvalue weighted by Crippen LogP contribution is -2.51. The van der Waals surface area contributed by atoms with Crippen molar-refractivity contribution in [3.8, 4) is 0 Å². The quantitative estimate of drug-likeness (QED) is 0.864. The van der Waals surface area contributed by atoms with Gasteiger partial charge < -0.3 is 5.73 Å². The molecule has 6 nitrogen and oxygen atoms in total. The highest BCUT2D eigenvalue weighted by molar-refractivity contribution is 7.89. The average molecular weight is 286 g/mol. The molecule has 0 aromatic carbocycles. The van der Waals surface area contributed by atoms with Gasteiger partial charge in [0, 0.05) is 18.6 Å². The number of sulfonamides is 1. The summed E-state index contributed by atoms with van der Waals surface area (Å²) in [6.07, 6.45) is 2.74. The van der Waals surface area contributed by atoms with Gasteiger partial charge in [0.2, 0.25) is 10.0 Å². The predicted octanol–water partition coefficient (Wildman–Crippen LogP) is 0.917. The van der Waals surface area contributed by atoms with E-state index in [4.69, 9.17) is 5.73 Å². The van der Waals surface area contributed by atoms with Crippen LogP contribution in [-0.4, -0.2) is 41.5 Å². The monoisotopic (exact) mass is 286 g/mol. The van der Waals surface area contributed by atoms with E-state index in [9.17, 15) is 8.42 Å². The Labute approximate surface area is 114 Å². The lowest BCUT2D eigenvalue weighted by Gasteiger charge is -2.36. The number of aryl methyl sites for hydroxylation is 2. The second-order valence-electron chi connectivity index (χ2n) is 5.30. The topological polar surface area (TPSA) is 92.1 Å². The molecule has 0 bridgehead atoms. The second kappa shape index (κ2) is 5.22. The Morgan fingerprint density at radius 2 is 2.11 bits per heavy atom. The van der Waals surface area contributed by atoms with Crippen molar-refractivity contribution in [3.05, 3.63) is 11.4 Å². The first-order valence-corrected chi connectivity index (χ1v) is 8.08. The van der Waals surface area contributed by atoms with Gasteiger partial charge in [0.05, 0.1) is 11.4 Å². The zero-order valence-corrected chi connectivity index (χ0v) is 12.5. The summed E-state index contributed by atoms with van der Waals surface area (Å²) in [6.45, 7) is 5.85. The zero-order valence-electron chi connectivity index (χ0n) is 11.7. The molecule has 1 saturated heterocycles. The van der Waals surface area contributed by atoms with Gasteiger partial charge in [-0.15, -0.1) is 0 Å². The van der Waals surface area contributed by atoms with Crippen molar-refractivity contribution < 1.29 is 8.42 Å². The molecule has 2 atom stereocenters. The average Bonchev–Trinajstić information content (AvgIpc) is 2.69. The van der Waals surface area contributed by atoms with Gasteiger partial charge in [-0.3, -0.25) is 5.10 Å². The van der Waals surface area contributed by atoms with Crippen LogP contribution in [0.2, 0.25) is 0 Å². The van der Waals surface area contributed by atoms with Gasteiger partial charge in [-0.2, -0.15) is 9.40 Å². The number of hydrogen-bond donors (Lipinski definition) is 2. The fourth-order valence-electron chi connectivity index (χ4n) is 2.79. The standard InChI is InChI=1S/C12H22N4O2S/c1-8(13)11-6-4-5-7-16(11)19(17,18)12-9(2)14-15-10(12)3/h8,11H,4-7,13H2,1-3H3,(H,14,15)/t8-,11-/m1/s1. The summed E-state index contributed by atoms with van der Waals surface area (Å²) in [7, 11) is -3.51. The predicted molar refractivity (Wildman–Crippen MR) is 73.2 cm³/mol. The van der Waals surface area contributed by atoms with Gasteiger partial charge >= 0.3 is 0 Å². The minimum Gasteiger partial charge on any atom is -0.326 e. The number of hydrogen-bond acceptors (Lipinski definition) is 4. The molecule has 1 aromatic heterocycles. The number of nitrogens with zero attached hydrogens (tertiary/aromatic N) is 2. The second-order valence-corrected chi connectivity index (χ2v) is 7.13. The van der Waals surface area contributed by atoms with Gasteiger partial charge in [-0.25, -0.2) is 8.42 Å². The fourth-order valence-corrected chi connectivity index (χ4v) is 4.90. The van der Waals surface area contributed by atoms with E-state index in [0.717, 1.165) is 19.3 Å². The molecule has 7 heteroatoms. The Hall–Kier alpha value is -0.920. The van der Waals surface area contributed by atoms with E-state index in [2.05, 4.69) is 10.2 Å². The van der Waals surface area contributed by atoms with Gasteiger partial charge in [-0.05, 0) is 33.6 Å². The largest absolute Gasteiger partial charge is 0.326 e. The molecule has 2 heterocycles. The molecule has 1 aliphatic rings. The lowest BCUT2D eigenvalue weighted by atomic mass is 10.00. The van der Waals surface area contributed by atoms with Crippen molar-refractivity contribution in [3.63, 3.8) is 0 Å². The van der Waals surface area contributed by atoms with Crippen LogP contribution in [0.15, 0.2) is 4.90 Å². The number of nitrogens with one attached hydrogen (secondary N) is 1. The number of aromatic nitrogens is 2. The highest BCUT2D eigenvalue weighted by Crippen LogP contribution is 2.29. The third kappa shape index (κ3) is 2.54. The first kappa shape index (κ1) is 14.5. The number of nitrogens with two attached hydrogens (primary N) is 1. The van der Waals surface area contributed by atoms with Crippen LogP contribution in [0.5, 0.6) is 0 Å². The van der Waals surface area contributed by atoms with Crippen LogP contribution in [0, 0.1) is 13.8 Å². The van der Waals surface area contributed by atoms with Crippen LogP contribution in [0.4, 0.5) is 0 Å². The van der Waals surface area contributed by atoms with Crippen molar-refractivity contribution in [2.75, 3.05) is 6.54 Å². The van der Waals surface area contributed by atoms with Gasteiger partial charge in [0.15, 0.2) is 0 Å². The van der Waals surface area contributed by atoms with Crippen LogP contribution in [0.25, 0.3) is 0 Å². The first-order valence-electron chi connectivity index (χ1n) is 6.64. The molecule has 1 aliphatic heterocycles. The van der Waals surface area contributed by atoms with Crippen LogP contribution < -0.4 is 5.73 Å². The molecule has 2 rings (SSSR count). The van der Waals surface area contributed by atoms with Crippen molar-refractivity contribution in [2.24, 2.45) is 5.73 Å². The van der Waals surface area contributed by atoms with E-state index < -0.39 is 10.0 Å². The van der Waals surface area contributed by atoms with E-state index in [0.29, 0.717) is 22.8 Å². The third-order valence-electron chi connectivity index (χ3n) is 3.73. The number of piperidine rings is 1. The molecule has 3 N–H and O–H groups in total. The molecule has 19 heavy (non-hydrogen) atoms. The highest BCUT2D eigenvalue weighted by Gasteiger charge is 2.37. The SMILES string of the molecule is Cc1n[nH]c(C)c1S(=O)(=O)N1CCCC[C@@H]1[C@@H](C)N. The van der Waals surface area contributed by atoms with Crippen LogP contribution in [0.1, 0.15) is 37.6 Å². The van der Waals surface area contributed by atoms with Crippen molar-refractivity contribution in [1.29, 1.82) is 0 Å². The van der Waals surface area contributed by atoms with E-state index in [1.165, 1.54) is 0 Å². The third-order valence-corrected chi connectivity index (χ3v) is 5.92. The van der Waals surface area contributed by atoms with Gasteiger partial charge in [0.25, 0.3) is 0 Å². The maximum atomic E-state index is 12.8. The fraction of sp³-hybridized carbons (Fsp3) is 0.750. The Balaban J connectivity index is 2.43. The molecule has 0 saturated carbocycles. The first-order chi connectivity index (χ1) is 8.85. The molecule has 1 aromatic rings.